The van der Waals surface area contributed by atoms with Crippen LogP contribution in [0.3, 0.4) is 0 Å². The maximum absolute atomic E-state index is 6.02. The molecule has 0 aliphatic heterocycles. The van der Waals surface area contributed by atoms with E-state index in [1.807, 2.05) is 68.4 Å². The van der Waals surface area contributed by atoms with Gasteiger partial charge in [0, 0.05) is 30.4 Å². The minimum atomic E-state index is 0.140. The fourth-order valence-corrected chi connectivity index (χ4v) is 2.95. The van der Waals surface area contributed by atoms with Gasteiger partial charge in [-0.25, -0.2) is 0 Å². The van der Waals surface area contributed by atoms with Gasteiger partial charge in [-0.1, -0.05) is 24.3 Å². The quantitative estimate of drug-likeness (QED) is 0.540. The van der Waals surface area contributed by atoms with Gasteiger partial charge in [-0.05, 0) is 50.2 Å². The number of benzene rings is 2. The van der Waals surface area contributed by atoms with Gasteiger partial charge in [0.25, 0.3) is 0 Å². The van der Waals surface area contributed by atoms with E-state index in [2.05, 4.69) is 16.4 Å². The van der Waals surface area contributed by atoms with E-state index < -0.39 is 0 Å². The van der Waals surface area contributed by atoms with E-state index in [9.17, 15) is 0 Å². The number of methoxy groups -OCH3 is 1. The third-order valence-electron chi connectivity index (χ3n) is 4.34. The molecule has 0 spiro atoms. The predicted molar refractivity (Wildman–Crippen MR) is 114 cm³/mol. The average molecular weight is 392 g/mol. The van der Waals surface area contributed by atoms with Gasteiger partial charge < -0.3 is 19.5 Å². The molecule has 1 N–H and O–H groups in total. The predicted octanol–water partition coefficient (Wildman–Crippen LogP) is 4.75. The Balaban J connectivity index is 1.66. The second-order valence-electron chi connectivity index (χ2n) is 6.96. The molecule has 5 heteroatoms. The number of rotatable bonds is 10. The molecular weight excluding hydrogens is 364 g/mol. The smallest absolute Gasteiger partial charge is 0.130 e. The molecule has 0 saturated carbocycles. The molecule has 152 valence electrons. The average Bonchev–Trinajstić information content (AvgIpc) is 2.74. The molecule has 0 bridgehead atoms. The van der Waals surface area contributed by atoms with E-state index in [4.69, 9.17) is 14.2 Å². The van der Waals surface area contributed by atoms with Crippen molar-refractivity contribution in [3.8, 4) is 17.2 Å². The summed E-state index contributed by atoms with van der Waals surface area (Å²) in [4.78, 5) is 4.31. The molecule has 2 aromatic carbocycles. The van der Waals surface area contributed by atoms with E-state index >= 15 is 0 Å². The molecule has 0 atom stereocenters. The summed E-state index contributed by atoms with van der Waals surface area (Å²) in [7, 11) is 1.67. The summed E-state index contributed by atoms with van der Waals surface area (Å²) in [5.41, 5.74) is 3.05. The van der Waals surface area contributed by atoms with Gasteiger partial charge in [-0.2, -0.15) is 0 Å². The lowest BCUT2D eigenvalue weighted by Crippen LogP contribution is -2.16. The van der Waals surface area contributed by atoms with E-state index in [0.29, 0.717) is 19.7 Å². The van der Waals surface area contributed by atoms with Crippen LogP contribution < -0.4 is 19.5 Å². The third kappa shape index (κ3) is 6.22. The Morgan fingerprint density at radius 1 is 0.897 bits per heavy atom. The van der Waals surface area contributed by atoms with Crippen molar-refractivity contribution in [2.45, 2.75) is 39.6 Å². The normalized spacial score (nSPS) is 10.8. The van der Waals surface area contributed by atoms with Crippen LogP contribution in [0, 0.1) is 0 Å². The lowest BCUT2D eigenvalue weighted by atomic mass is 10.1. The lowest BCUT2D eigenvalue weighted by molar-refractivity contribution is 0.239. The highest BCUT2D eigenvalue weighted by molar-refractivity contribution is 5.40. The Hall–Kier alpha value is -3.05. The molecule has 0 fully saturated rings. The van der Waals surface area contributed by atoms with Crippen molar-refractivity contribution >= 4 is 0 Å². The third-order valence-corrected chi connectivity index (χ3v) is 4.34. The maximum Gasteiger partial charge on any atom is 0.130 e. The standard InChI is InChI=1S/C24H28N2O3/c1-18(2)29-24-10-5-4-8-19(24)15-25-16-20-14-22(27-3)11-12-23(20)28-17-21-9-6-7-13-26-21/h4-14,18,25H,15-17H2,1-3H3. The summed E-state index contributed by atoms with van der Waals surface area (Å²) in [6.07, 6.45) is 1.91. The largest absolute Gasteiger partial charge is 0.497 e. The van der Waals surface area contributed by atoms with E-state index in [1.165, 1.54) is 0 Å². The van der Waals surface area contributed by atoms with E-state index in [-0.39, 0.29) is 6.10 Å². The summed E-state index contributed by atoms with van der Waals surface area (Å²) in [5.74, 6) is 2.53. The van der Waals surface area contributed by atoms with Crippen LogP contribution in [0.2, 0.25) is 0 Å². The van der Waals surface area contributed by atoms with Crippen LogP contribution in [0.5, 0.6) is 17.2 Å². The van der Waals surface area contributed by atoms with Gasteiger partial charge in [-0.15, -0.1) is 0 Å². The molecule has 0 aliphatic rings. The first-order chi connectivity index (χ1) is 14.2. The topological polar surface area (TPSA) is 52.6 Å². The molecule has 1 aromatic heterocycles. The molecule has 3 rings (SSSR count). The first-order valence-electron chi connectivity index (χ1n) is 9.80. The zero-order chi connectivity index (χ0) is 20.5. The van der Waals surface area contributed by atoms with Gasteiger partial charge in [-0.3, -0.25) is 4.98 Å². The Morgan fingerprint density at radius 3 is 2.45 bits per heavy atom. The van der Waals surface area contributed by atoms with Gasteiger partial charge in [0.05, 0.1) is 18.9 Å². The minimum absolute atomic E-state index is 0.140. The summed E-state index contributed by atoms with van der Waals surface area (Å²) >= 11 is 0. The van der Waals surface area contributed by atoms with Crippen LogP contribution in [-0.4, -0.2) is 18.2 Å². The number of para-hydroxylation sites is 1. The van der Waals surface area contributed by atoms with Crippen molar-refractivity contribution in [3.63, 3.8) is 0 Å². The number of pyridine rings is 1. The first kappa shape index (κ1) is 20.7. The Morgan fingerprint density at radius 2 is 1.69 bits per heavy atom. The van der Waals surface area contributed by atoms with Crippen LogP contribution in [0.15, 0.2) is 66.9 Å². The fourth-order valence-electron chi connectivity index (χ4n) is 2.95. The van der Waals surface area contributed by atoms with Crippen molar-refractivity contribution in [3.05, 3.63) is 83.7 Å². The minimum Gasteiger partial charge on any atom is -0.497 e. The van der Waals surface area contributed by atoms with Gasteiger partial charge >= 0.3 is 0 Å². The molecule has 3 aromatic rings. The van der Waals surface area contributed by atoms with Crippen LogP contribution >= 0.6 is 0 Å². The zero-order valence-corrected chi connectivity index (χ0v) is 17.2. The molecule has 5 nitrogen and oxygen atoms in total. The number of nitrogens with one attached hydrogen (secondary N) is 1. The number of ether oxygens (including phenoxy) is 3. The summed E-state index contributed by atoms with van der Waals surface area (Å²) in [6.45, 7) is 5.83. The van der Waals surface area contributed by atoms with Crippen LogP contribution in [0.4, 0.5) is 0 Å². The summed E-state index contributed by atoms with van der Waals surface area (Å²) in [5, 5.41) is 3.49. The lowest BCUT2D eigenvalue weighted by Gasteiger charge is -2.16. The van der Waals surface area contributed by atoms with E-state index in [1.54, 1.807) is 13.3 Å². The fraction of sp³-hybridized carbons (Fsp3) is 0.292. The van der Waals surface area contributed by atoms with Gasteiger partial charge in [0.1, 0.15) is 23.9 Å². The Bertz CT molecular complexity index is 898. The highest BCUT2D eigenvalue weighted by Crippen LogP contribution is 2.25. The number of aromatic nitrogens is 1. The second kappa shape index (κ2) is 10.5. The van der Waals surface area contributed by atoms with Crippen molar-refractivity contribution in [1.29, 1.82) is 0 Å². The van der Waals surface area contributed by atoms with Crippen LogP contribution in [0.25, 0.3) is 0 Å². The Kier molecular flexibility index (Phi) is 7.47. The zero-order valence-electron chi connectivity index (χ0n) is 17.2. The maximum atomic E-state index is 6.02. The monoisotopic (exact) mass is 392 g/mol. The van der Waals surface area contributed by atoms with Gasteiger partial charge in [0.2, 0.25) is 0 Å². The van der Waals surface area contributed by atoms with Gasteiger partial charge in [0.15, 0.2) is 0 Å². The highest BCUT2D eigenvalue weighted by atomic mass is 16.5. The molecular formula is C24H28N2O3. The molecule has 1 heterocycles. The van der Waals surface area contributed by atoms with Crippen molar-refractivity contribution in [2.75, 3.05) is 7.11 Å². The highest BCUT2D eigenvalue weighted by Gasteiger charge is 2.09. The molecule has 0 unspecified atom stereocenters. The Labute approximate surface area is 172 Å². The second-order valence-corrected chi connectivity index (χ2v) is 6.96. The van der Waals surface area contributed by atoms with Crippen LogP contribution in [-0.2, 0) is 19.7 Å². The SMILES string of the molecule is COc1ccc(OCc2ccccn2)c(CNCc2ccccc2OC(C)C)c1. The number of nitrogens with zero attached hydrogens (tertiary/aromatic N) is 1. The summed E-state index contributed by atoms with van der Waals surface area (Å²) < 4.78 is 17.3. The summed E-state index contributed by atoms with van der Waals surface area (Å²) in [6, 6.07) is 19.7. The van der Waals surface area contributed by atoms with Crippen LogP contribution in [0.1, 0.15) is 30.7 Å². The molecule has 0 aliphatic carbocycles. The van der Waals surface area contributed by atoms with Crippen molar-refractivity contribution < 1.29 is 14.2 Å². The van der Waals surface area contributed by atoms with Crippen molar-refractivity contribution in [1.82, 2.24) is 10.3 Å². The van der Waals surface area contributed by atoms with E-state index in [0.717, 1.165) is 34.1 Å². The number of hydrogen-bond acceptors (Lipinski definition) is 5. The molecule has 29 heavy (non-hydrogen) atoms. The molecule has 0 radical (unpaired) electrons. The first-order valence-corrected chi connectivity index (χ1v) is 9.80. The molecule has 0 saturated heterocycles. The molecule has 0 amide bonds. The number of hydrogen-bond donors (Lipinski definition) is 1. The van der Waals surface area contributed by atoms with Crippen molar-refractivity contribution in [2.24, 2.45) is 0 Å².